The molecule has 1 N–H and O–H groups in total. The van der Waals surface area contributed by atoms with Crippen LogP contribution in [0, 0.1) is 5.92 Å². The molecule has 8 heteroatoms. The first-order chi connectivity index (χ1) is 15.9. The van der Waals surface area contributed by atoms with Crippen molar-refractivity contribution in [2.24, 2.45) is 5.92 Å². The van der Waals surface area contributed by atoms with Gasteiger partial charge in [0.05, 0.1) is 18.7 Å². The molecule has 0 radical (unpaired) electrons. The summed E-state index contributed by atoms with van der Waals surface area (Å²) in [4.78, 5) is 19.5. The van der Waals surface area contributed by atoms with Gasteiger partial charge >= 0.3 is 6.03 Å². The summed E-state index contributed by atoms with van der Waals surface area (Å²) in [5, 5.41) is 7.94. The average molecular weight is 467 g/mol. The second-order valence-corrected chi connectivity index (χ2v) is 8.86. The second-order valence-electron chi connectivity index (χ2n) is 8.42. The van der Waals surface area contributed by atoms with Crippen LogP contribution in [-0.2, 0) is 0 Å². The molecule has 2 amide bonds. The van der Waals surface area contributed by atoms with Gasteiger partial charge in [-0.05, 0) is 61.2 Å². The number of nitrogens with zero attached hydrogens (tertiary/aromatic N) is 3. The van der Waals surface area contributed by atoms with Crippen LogP contribution in [0.15, 0.2) is 58.8 Å². The predicted molar refractivity (Wildman–Crippen MR) is 128 cm³/mol. The summed E-state index contributed by atoms with van der Waals surface area (Å²) in [6, 6.07) is 14.3. The molecule has 1 aliphatic rings. The van der Waals surface area contributed by atoms with Crippen LogP contribution in [0.1, 0.15) is 44.7 Å². The number of carbonyl (C=O) groups excluding carboxylic acids is 1. The fourth-order valence-electron chi connectivity index (χ4n) is 3.81. The molecule has 0 spiro atoms. The fourth-order valence-corrected chi connectivity index (χ4v) is 3.94. The van der Waals surface area contributed by atoms with E-state index in [1.165, 1.54) is 0 Å². The maximum Gasteiger partial charge on any atom is 0.322 e. The number of allylic oxidation sites excluding steroid dienone is 1. The number of methoxy groups -OCH3 is 1. The molecule has 0 bridgehead atoms. The Kier molecular flexibility index (Phi) is 6.70. The molecule has 0 saturated carbocycles. The molecule has 0 aliphatic carbocycles. The maximum atomic E-state index is 13.0. The van der Waals surface area contributed by atoms with E-state index in [1.54, 1.807) is 24.1 Å². The lowest BCUT2D eigenvalue weighted by molar-refractivity contribution is 0.202. The molecule has 7 nitrogen and oxygen atoms in total. The molecule has 2 aromatic carbocycles. The predicted octanol–water partition coefficient (Wildman–Crippen LogP) is 5.94. The Morgan fingerprint density at radius 3 is 2.48 bits per heavy atom. The topological polar surface area (TPSA) is 80.5 Å². The van der Waals surface area contributed by atoms with Gasteiger partial charge in [0.2, 0.25) is 5.82 Å². The van der Waals surface area contributed by atoms with Crippen LogP contribution >= 0.6 is 11.6 Å². The van der Waals surface area contributed by atoms with E-state index < -0.39 is 6.04 Å². The van der Waals surface area contributed by atoms with Gasteiger partial charge in [-0.25, -0.2) is 4.79 Å². The Hall–Kier alpha value is -3.32. The summed E-state index contributed by atoms with van der Waals surface area (Å²) in [5.41, 5.74) is 3.26. The first-order valence-corrected chi connectivity index (χ1v) is 11.3. The highest BCUT2D eigenvalue weighted by molar-refractivity contribution is 6.30. The van der Waals surface area contributed by atoms with Gasteiger partial charge in [0.25, 0.3) is 5.89 Å². The maximum absolute atomic E-state index is 13.0. The molecule has 0 fully saturated rings. The van der Waals surface area contributed by atoms with E-state index >= 15 is 0 Å². The third-order valence-corrected chi connectivity index (χ3v) is 5.99. The molecule has 1 aromatic heterocycles. The van der Waals surface area contributed by atoms with Crippen LogP contribution in [0.2, 0.25) is 5.02 Å². The summed E-state index contributed by atoms with van der Waals surface area (Å²) >= 11 is 6.01. The molecule has 2 heterocycles. The summed E-state index contributed by atoms with van der Waals surface area (Å²) in [5.74, 6) is 2.03. The lowest BCUT2D eigenvalue weighted by atomic mass is 9.94. The largest absolute Gasteiger partial charge is 0.497 e. The Morgan fingerprint density at radius 2 is 1.85 bits per heavy atom. The third kappa shape index (κ3) is 4.88. The second kappa shape index (κ2) is 9.67. The van der Waals surface area contributed by atoms with Gasteiger partial charge < -0.3 is 14.6 Å². The van der Waals surface area contributed by atoms with Gasteiger partial charge in [-0.15, -0.1) is 0 Å². The van der Waals surface area contributed by atoms with E-state index in [9.17, 15) is 4.79 Å². The number of nitrogens with one attached hydrogen (secondary N) is 1. The molecule has 33 heavy (non-hydrogen) atoms. The van der Waals surface area contributed by atoms with Crippen molar-refractivity contribution in [1.82, 2.24) is 20.4 Å². The van der Waals surface area contributed by atoms with E-state index in [-0.39, 0.29) is 6.03 Å². The Balaban J connectivity index is 1.77. The number of hydrogen-bond donors (Lipinski definition) is 1. The quantitative estimate of drug-likeness (QED) is 0.466. The highest BCUT2D eigenvalue weighted by Gasteiger charge is 2.35. The van der Waals surface area contributed by atoms with Crippen LogP contribution < -0.4 is 10.1 Å². The molecular formula is C25H27ClN4O3. The van der Waals surface area contributed by atoms with Crippen molar-refractivity contribution >= 4 is 23.2 Å². The number of rotatable bonds is 7. The average Bonchev–Trinajstić information content (AvgIpc) is 3.28. The fraction of sp³-hybridized carbons (Fsp3) is 0.320. The zero-order valence-corrected chi connectivity index (χ0v) is 19.9. The third-order valence-electron chi connectivity index (χ3n) is 5.73. The highest BCUT2D eigenvalue weighted by atomic mass is 35.5. The first kappa shape index (κ1) is 22.9. The minimum absolute atomic E-state index is 0.143. The van der Waals surface area contributed by atoms with Crippen molar-refractivity contribution < 1.29 is 14.1 Å². The Labute approximate surface area is 198 Å². The van der Waals surface area contributed by atoms with Crippen LogP contribution in [-0.4, -0.2) is 34.7 Å². The summed E-state index contributed by atoms with van der Waals surface area (Å²) in [6.07, 6.45) is 0.880. The molecule has 1 unspecified atom stereocenters. The molecule has 1 aliphatic heterocycles. The number of carbonyl (C=O) groups is 1. The van der Waals surface area contributed by atoms with Gasteiger partial charge in [-0.1, -0.05) is 42.7 Å². The Bertz CT molecular complexity index is 1150. The lowest BCUT2D eigenvalue weighted by Crippen LogP contribution is -2.46. The van der Waals surface area contributed by atoms with E-state index in [2.05, 4.69) is 29.3 Å². The first-order valence-electron chi connectivity index (χ1n) is 10.9. The minimum atomic E-state index is -0.433. The van der Waals surface area contributed by atoms with E-state index in [1.807, 2.05) is 43.3 Å². The summed E-state index contributed by atoms with van der Waals surface area (Å²) in [6.45, 7) is 6.81. The van der Waals surface area contributed by atoms with Crippen molar-refractivity contribution in [3.05, 3.63) is 70.7 Å². The van der Waals surface area contributed by atoms with Gasteiger partial charge in [-0.3, -0.25) is 4.90 Å². The SMILES string of the molecule is COc1ccc(C2NC(=O)N(CCC(C)C)C(C)=C2c2nc(-c3ccc(Cl)cc3)no2)cc1. The van der Waals surface area contributed by atoms with Crippen LogP contribution in [0.4, 0.5) is 4.79 Å². The zero-order chi connectivity index (χ0) is 23.5. The zero-order valence-electron chi connectivity index (χ0n) is 19.1. The highest BCUT2D eigenvalue weighted by Crippen LogP contribution is 2.38. The van der Waals surface area contributed by atoms with Crippen molar-refractivity contribution in [2.45, 2.75) is 33.2 Å². The molecule has 0 saturated heterocycles. The van der Waals surface area contributed by atoms with Gasteiger partial charge in [0.1, 0.15) is 5.75 Å². The number of aromatic nitrogens is 2. The van der Waals surface area contributed by atoms with Crippen LogP contribution in [0.5, 0.6) is 5.75 Å². The van der Waals surface area contributed by atoms with Crippen molar-refractivity contribution in [3.63, 3.8) is 0 Å². The Morgan fingerprint density at radius 1 is 1.15 bits per heavy atom. The van der Waals surface area contributed by atoms with Crippen molar-refractivity contribution in [3.8, 4) is 17.1 Å². The molecule has 4 rings (SSSR count). The number of urea groups is 1. The smallest absolute Gasteiger partial charge is 0.322 e. The van der Waals surface area contributed by atoms with Crippen molar-refractivity contribution in [1.29, 1.82) is 0 Å². The van der Waals surface area contributed by atoms with Gasteiger partial charge in [0.15, 0.2) is 0 Å². The van der Waals surface area contributed by atoms with Crippen molar-refractivity contribution in [2.75, 3.05) is 13.7 Å². The monoisotopic (exact) mass is 466 g/mol. The van der Waals surface area contributed by atoms with Gasteiger partial charge in [-0.2, -0.15) is 4.98 Å². The number of ether oxygens (including phenoxy) is 1. The van der Waals surface area contributed by atoms with Crippen LogP contribution in [0.25, 0.3) is 17.0 Å². The standard InChI is InChI=1S/C25H27ClN4O3/c1-15(2)13-14-30-16(3)21(22(27-25(30)31)17-7-11-20(32-4)12-8-17)24-28-23(29-33-24)18-5-9-19(26)10-6-18/h5-12,15,22H,13-14H2,1-4H3,(H,27,31). The lowest BCUT2D eigenvalue weighted by Gasteiger charge is -2.35. The normalized spacial score (nSPS) is 16.4. The minimum Gasteiger partial charge on any atom is -0.497 e. The molecule has 172 valence electrons. The number of amides is 2. The van der Waals surface area contributed by atoms with Gasteiger partial charge in [0, 0.05) is 22.8 Å². The number of halogens is 1. The number of benzene rings is 2. The van der Waals surface area contributed by atoms with E-state index in [0.29, 0.717) is 29.2 Å². The molecular weight excluding hydrogens is 440 g/mol. The molecule has 1 atom stereocenters. The van der Waals surface area contributed by atoms with Crippen LogP contribution in [0.3, 0.4) is 0 Å². The number of hydrogen-bond acceptors (Lipinski definition) is 5. The summed E-state index contributed by atoms with van der Waals surface area (Å²) < 4.78 is 11.0. The molecule has 3 aromatic rings. The summed E-state index contributed by atoms with van der Waals surface area (Å²) in [7, 11) is 1.62. The van der Waals surface area contributed by atoms with E-state index in [4.69, 9.17) is 20.9 Å². The van der Waals surface area contributed by atoms with E-state index in [0.717, 1.165) is 34.6 Å².